The first-order valence-corrected chi connectivity index (χ1v) is 11.6. The zero-order valence-corrected chi connectivity index (χ0v) is 18.7. The Balaban J connectivity index is 1.49. The first-order valence-electron chi connectivity index (χ1n) is 11.6. The van der Waals surface area contributed by atoms with Gasteiger partial charge in [-0.25, -0.2) is 9.59 Å². The van der Waals surface area contributed by atoms with Crippen LogP contribution in [0.4, 0.5) is 4.79 Å². The molecule has 0 spiro atoms. The van der Waals surface area contributed by atoms with Crippen molar-refractivity contribution in [2.75, 3.05) is 19.6 Å². The van der Waals surface area contributed by atoms with Crippen LogP contribution in [0.3, 0.4) is 0 Å². The van der Waals surface area contributed by atoms with Crippen LogP contribution in [0.5, 0.6) is 0 Å². The third-order valence-electron chi connectivity index (χ3n) is 6.83. The summed E-state index contributed by atoms with van der Waals surface area (Å²) < 4.78 is 5.39. The summed E-state index contributed by atoms with van der Waals surface area (Å²) in [6.45, 7) is 0.450. The molecule has 1 N–H and O–H groups in total. The van der Waals surface area contributed by atoms with Gasteiger partial charge < -0.3 is 19.6 Å². The lowest BCUT2D eigenvalue weighted by atomic mass is 9.68. The normalized spacial score (nSPS) is 20.2. The number of amides is 2. The Labute approximate surface area is 193 Å². The Bertz CT molecular complexity index is 973. The Morgan fingerprint density at radius 2 is 1.55 bits per heavy atom. The zero-order valence-electron chi connectivity index (χ0n) is 18.7. The molecule has 0 aromatic heterocycles. The average Bonchev–Trinajstić information content (AvgIpc) is 2.88. The van der Waals surface area contributed by atoms with Gasteiger partial charge in [0.05, 0.1) is 12.0 Å². The Hall–Kier alpha value is -3.35. The fourth-order valence-corrected chi connectivity index (χ4v) is 5.03. The van der Waals surface area contributed by atoms with Gasteiger partial charge in [-0.15, -0.1) is 0 Å². The summed E-state index contributed by atoms with van der Waals surface area (Å²) in [6, 6.07) is 17.9. The Morgan fingerprint density at radius 1 is 0.909 bits per heavy atom. The standard InChI is InChI=1S/C26H30N2O5/c29-23(30)22-18-27(25(32)33-19-20-10-4-1-5-11-20)16-17-28(22)24(31)26(14-8-3-9-15-26)21-12-6-2-7-13-21/h1-2,4-7,10-13,22H,3,8-9,14-19H2,(H,29,30)/t22-/m0/s1. The number of hydrogen-bond donors (Lipinski definition) is 1. The van der Waals surface area contributed by atoms with Crippen molar-refractivity contribution in [3.63, 3.8) is 0 Å². The highest BCUT2D eigenvalue weighted by Gasteiger charge is 2.48. The molecule has 7 nitrogen and oxygen atoms in total. The molecule has 2 aromatic rings. The highest BCUT2D eigenvalue weighted by molar-refractivity contribution is 5.92. The largest absolute Gasteiger partial charge is 0.480 e. The molecule has 0 unspecified atom stereocenters. The third-order valence-corrected chi connectivity index (χ3v) is 6.83. The summed E-state index contributed by atoms with van der Waals surface area (Å²) in [5.41, 5.74) is 1.10. The molecule has 0 bridgehead atoms. The van der Waals surface area contributed by atoms with E-state index in [0.717, 1.165) is 30.4 Å². The quantitative estimate of drug-likeness (QED) is 0.748. The molecular formula is C26H30N2O5. The fraction of sp³-hybridized carbons (Fsp3) is 0.423. The number of aliphatic carboxylic acids is 1. The van der Waals surface area contributed by atoms with Crippen LogP contribution < -0.4 is 0 Å². The molecule has 7 heteroatoms. The molecular weight excluding hydrogens is 420 g/mol. The van der Waals surface area contributed by atoms with E-state index < -0.39 is 23.5 Å². The van der Waals surface area contributed by atoms with Gasteiger partial charge in [-0.05, 0) is 24.0 Å². The second-order valence-corrected chi connectivity index (χ2v) is 8.85. The smallest absolute Gasteiger partial charge is 0.410 e. The molecule has 4 rings (SSSR count). The predicted molar refractivity (Wildman–Crippen MR) is 123 cm³/mol. The molecule has 1 aliphatic heterocycles. The minimum atomic E-state index is -1.11. The van der Waals surface area contributed by atoms with E-state index in [1.807, 2.05) is 60.7 Å². The van der Waals surface area contributed by atoms with Gasteiger partial charge in [-0.3, -0.25) is 4.79 Å². The summed E-state index contributed by atoms with van der Waals surface area (Å²) in [7, 11) is 0. The number of nitrogens with zero attached hydrogens (tertiary/aromatic N) is 2. The van der Waals surface area contributed by atoms with Crippen molar-refractivity contribution in [2.45, 2.75) is 50.2 Å². The number of piperazine rings is 1. The van der Waals surface area contributed by atoms with Crippen LogP contribution in [0, 0.1) is 0 Å². The Morgan fingerprint density at radius 3 is 2.18 bits per heavy atom. The number of rotatable bonds is 5. The maximum atomic E-state index is 13.9. The van der Waals surface area contributed by atoms with Gasteiger partial charge in [0.15, 0.2) is 0 Å². The number of ether oxygens (including phenoxy) is 1. The second kappa shape index (κ2) is 10.1. The monoisotopic (exact) mass is 450 g/mol. The number of carbonyl (C=O) groups excluding carboxylic acids is 2. The second-order valence-electron chi connectivity index (χ2n) is 8.85. The van der Waals surface area contributed by atoms with Crippen molar-refractivity contribution in [3.05, 3.63) is 71.8 Å². The number of carboxylic acids is 1. The van der Waals surface area contributed by atoms with Gasteiger partial charge in [0.2, 0.25) is 5.91 Å². The number of carboxylic acid groups (broad SMARTS) is 1. The topological polar surface area (TPSA) is 87.2 Å². The molecule has 33 heavy (non-hydrogen) atoms. The van der Waals surface area contributed by atoms with Gasteiger partial charge in [0, 0.05) is 13.1 Å². The molecule has 2 aromatic carbocycles. The van der Waals surface area contributed by atoms with Crippen LogP contribution in [-0.2, 0) is 26.3 Å². The van der Waals surface area contributed by atoms with Gasteiger partial charge in [-0.1, -0.05) is 79.9 Å². The molecule has 2 amide bonds. The maximum Gasteiger partial charge on any atom is 0.410 e. The lowest BCUT2D eigenvalue weighted by Crippen LogP contribution is -2.63. The van der Waals surface area contributed by atoms with E-state index >= 15 is 0 Å². The van der Waals surface area contributed by atoms with Crippen LogP contribution in [-0.4, -0.2) is 58.6 Å². The maximum absolute atomic E-state index is 13.9. The lowest BCUT2D eigenvalue weighted by molar-refractivity contribution is -0.157. The van der Waals surface area contributed by atoms with E-state index in [1.165, 1.54) is 9.80 Å². The van der Waals surface area contributed by atoms with Crippen LogP contribution in [0.2, 0.25) is 0 Å². The highest BCUT2D eigenvalue weighted by Crippen LogP contribution is 2.41. The summed E-state index contributed by atoms with van der Waals surface area (Å²) in [6.07, 6.45) is 3.80. The molecule has 1 saturated carbocycles. The van der Waals surface area contributed by atoms with Gasteiger partial charge in [0.25, 0.3) is 0 Å². The van der Waals surface area contributed by atoms with E-state index in [2.05, 4.69) is 0 Å². The minimum absolute atomic E-state index is 0.0838. The highest BCUT2D eigenvalue weighted by atomic mass is 16.6. The molecule has 1 aliphatic carbocycles. The summed E-state index contributed by atoms with van der Waals surface area (Å²) in [5.74, 6) is -1.25. The predicted octanol–water partition coefficient (Wildman–Crippen LogP) is 3.82. The van der Waals surface area contributed by atoms with Crippen molar-refractivity contribution in [3.8, 4) is 0 Å². The lowest BCUT2D eigenvalue weighted by Gasteiger charge is -2.45. The van der Waals surface area contributed by atoms with E-state index in [1.54, 1.807) is 0 Å². The van der Waals surface area contributed by atoms with Crippen molar-refractivity contribution >= 4 is 18.0 Å². The van der Waals surface area contributed by atoms with Crippen LogP contribution in [0.1, 0.15) is 43.2 Å². The van der Waals surface area contributed by atoms with E-state index in [4.69, 9.17) is 4.74 Å². The van der Waals surface area contributed by atoms with E-state index in [0.29, 0.717) is 12.8 Å². The number of carbonyl (C=O) groups is 3. The summed E-state index contributed by atoms with van der Waals surface area (Å²) in [5, 5.41) is 9.95. The minimum Gasteiger partial charge on any atom is -0.480 e. The van der Waals surface area contributed by atoms with Crippen molar-refractivity contribution in [2.24, 2.45) is 0 Å². The van der Waals surface area contributed by atoms with Crippen molar-refractivity contribution < 1.29 is 24.2 Å². The van der Waals surface area contributed by atoms with E-state index in [-0.39, 0.29) is 32.1 Å². The third kappa shape index (κ3) is 4.87. The first-order chi connectivity index (χ1) is 16.0. The van der Waals surface area contributed by atoms with Crippen LogP contribution in [0.25, 0.3) is 0 Å². The molecule has 1 atom stereocenters. The zero-order chi connectivity index (χ0) is 23.3. The fourth-order valence-electron chi connectivity index (χ4n) is 5.03. The molecule has 1 saturated heterocycles. The molecule has 1 heterocycles. The van der Waals surface area contributed by atoms with Crippen LogP contribution >= 0.6 is 0 Å². The van der Waals surface area contributed by atoms with Crippen LogP contribution in [0.15, 0.2) is 60.7 Å². The van der Waals surface area contributed by atoms with E-state index in [9.17, 15) is 19.5 Å². The summed E-state index contributed by atoms with van der Waals surface area (Å²) >= 11 is 0. The van der Waals surface area contributed by atoms with Crippen molar-refractivity contribution in [1.29, 1.82) is 0 Å². The number of hydrogen-bond acceptors (Lipinski definition) is 4. The number of benzene rings is 2. The molecule has 2 fully saturated rings. The molecule has 0 radical (unpaired) electrons. The SMILES string of the molecule is O=C(O)[C@@H]1CN(C(=O)OCc2ccccc2)CCN1C(=O)C1(c2ccccc2)CCCCC1. The van der Waals surface area contributed by atoms with Gasteiger partial charge in [0.1, 0.15) is 12.6 Å². The van der Waals surface area contributed by atoms with Gasteiger partial charge >= 0.3 is 12.1 Å². The Kier molecular flexibility index (Phi) is 6.96. The van der Waals surface area contributed by atoms with Crippen molar-refractivity contribution in [1.82, 2.24) is 9.80 Å². The first kappa shape index (κ1) is 22.8. The van der Waals surface area contributed by atoms with Gasteiger partial charge in [-0.2, -0.15) is 0 Å². The molecule has 174 valence electrons. The summed E-state index contributed by atoms with van der Waals surface area (Å²) in [4.78, 5) is 41.5. The molecule has 2 aliphatic rings. The average molecular weight is 451 g/mol.